The molecule has 0 aliphatic heterocycles. The van der Waals surface area contributed by atoms with E-state index in [9.17, 15) is 19.4 Å². The number of quaternary nitrogens is 1. The minimum Gasteiger partial charge on any atom is -0.756 e. The first-order chi connectivity index (χ1) is 28.5. The molecule has 0 saturated carbocycles. The van der Waals surface area contributed by atoms with Gasteiger partial charge in [-0.05, 0) is 12.8 Å². The number of esters is 1. The molecule has 0 amide bonds. The van der Waals surface area contributed by atoms with E-state index in [1.165, 1.54) is 193 Å². The molecule has 3 unspecified atom stereocenters. The van der Waals surface area contributed by atoms with Crippen LogP contribution in [0.3, 0.4) is 0 Å². The van der Waals surface area contributed by atoms with Gasteiger partial charge in [-0.3, -0.25) is 13.9 Å². The minimum absolute atomic E-state index is 0.0866. The molecule has 0 aromatic heterocycles. The molecule has 0 rings (SSSR count). The molecule has 0 radical (unpaired) electrons. The highest BCUT2D eigenvalue weighted by Crippen LogP contribution is 2.40. The normalized spacial score (nSPS) is 14.1. The summed E-state index contributed by atoms with van der Waals surface area (Å²) in [5.41, 5.74) is 0. The van der Waals surface area contributed by atoms with Crippen molar-refractivity contribution in [1.29, 1.82) is 0 Å². The average molecular weight is 862 g/mol. The minimum atomic E-state index is -4.83. The Morgan fingerprint density at radius 2 is 0.847 bits per heavy atom. The first-order valence-electron chi connectivity index (χ1n) is 25.4. The maximum atomic E-state index is 12.8. The monoisotopic (exact) mass is 862 g/mol. The predicted molar refractivity (Wildman–Crippen MR) is 246 cm³/mol. The van der Waals surface area contributed by atoms with E-state index in [1.54, 1.807) is 0 Å². The number of hydrogen-bond acceptors (Lipinski definition) is 8. The molecule has 0 aliphatic carbocycles. The van der Waals surface area contributed by atoms with E-state index in [2.05, 4.69) is 13.8 Å². The first-order valence-corrected chi connectivity index (χ1v) is 26.9. The highest BCUT2D eigenvalue weighted by Gasteiger charge is 2.29. The maximum Gasteiger partial charge on any atom is 0.306 e. The third-order valence-electron chi connectivity index (χ3n) is 11.5. The molecule has 0 heterocycles. The zero-order valence-corrected chi connectivity index (χ0v) is 40.7. The Kier molecular flexibility index (Phi) is 42.4. The number of nitrogens with zero attached hydrogens (tertiary/aromatic N) is 1. The molecular formula is C49H100NO8P. The Balaban J connectivity index is 4.22. The van der Waals surface area contributed by atoms with Crippen LogP contribution < -0.4 is 4.89 Å². The van der Waals surface area contributed by atoms with Gasteiger partial charge in [0.25, 0.3) is 7.82 Å². The van der Waals surface area contributed by atoms with Crippen molar-refractivity contribution < 1.29 is 42.4 Å². The average Bonchev–Trinajstić information content (AvgIpc) is 3.18. The maximum absolute atomic E-state index is 12.8. The fraction of sp³-hybridized carbons (Fsp3) is 0.980. The highest BCUT2D eigenvalue weighted by molar-refractivity contribution is 7.45. The SMILES string of the molecule is CCCCCCCCCCCCCCCCCCCCOCC(OC(=O)CCCCCCCCCCCCCCCCCCCC)C(O)OP(=O)([O-])OCC[N+](C)(C)C. The first kappa shape index (κ1) is 58.5. The van der Waals surface area contributed by atoms with Gasteiger partial charge in [0.2, 0.25) is 6.29 Å². The second-order valence-corrected chi connectivity index (χ2v) is 20.0. The summed E-state index contributed by atoms with van der Waals surface area (Å²) in [5.74, 6) is -0.488. The number of hydrogen-bond donors (Lipinski definition) is 1. The molecule has 0 saturated heterocycles. The number of likely N-dealkylation sites (N-methyl/N-ethyl adjacent to an activating group) is 1. The van der Waals surface area contributed by atoms with Gasteiger partial charge in [-0.2, -0.15) is 0 Å². The Morgan fingerprint density at radius 3 is 1.19 bits per heavy atom. The quantitative estimate of drug-likeness (QED) is 0.0211. The summed E-state index contributed by atoms with van der Waals surface area (Å²) in [6.07, 6.45) is 43.4. The molecule has 3 atom stereocenters. The van der Waals surface area contributed by atoms with Gasteiger partial charge in [0, 0.05) is 13.0 Å². The van der Waals surface area contributed by atoms with E-state index in [1.807, 2.05) is 21.1 Å². The predicted octanol–water partition coefficient (Wildman–Crippen LogP) is 13.9. The summed E-state index contributed by atoms with van der Waals surface area (Å²) in [6.45, 7) is 5.19. The van der Waals surface area contributed by atoms with Gasteiger partial charge in [0.15, 0.2) is 6.10 Å². The number of unbranched alkanes of at least 4 members (excludes halogenated alkanes) is 34. The van der Waals surface area contributed by atoms with Gasteiger partial charge in [-0.25, -0.2) is 0 Å². The number of aliphatic hydroxyl groups is 1. The van der Waals surface area contributed by atoms with Crippen molar-refractivity contribution in [3.63, 3.8) is 0 Å². The van der Waals surface area contributed by atoms with Gasteiger partial charge in [-0.1, -0.05) is 232 Å². The molecule has 9 nitrogen and oxygen atoms in total. The molecule has 0 fully saturated rings. The smallest absolute Gasteiger partial charge is 0.306 e. The highest BCUT2D eigenvalue weighted by atomic mass is 31.2. The van der Waals surface area contributed by atoms with Gasteiger partial charge < -0.3 is 28.5 Å². The molecule has 59 heavy (non-hydrogen) atoms. The summed E-state index contributed by atoms with van der Waals surface area (Å²) in [5, 5.41) is 10.7. The number of phosphoric ester groups is 1. The van der Waals surface area contributed by atoms with Crippen molar-refractivity contribution in [2.75, 3.05) is 47.5 Å². The van der Waals surface area contributed by atoms with Crippen LogP contribution in [0.1, 0.15) is 251 Å². The third kappa shape index (κ3) is 45.3. The Bertz CT molecular complexity index is 932. The van der Waals surface area contributed by atoms with E-state index in [0.717, 1.165) is 32.1 Å². The van der Waals surface area contributed by atoms with Crippen molar-refractivity contribution >= 4 is 13.8 Å². The number of phosphoric acid groups is 1. The van der Waals surface area contributed by atoms with Gasteiger partial charge in [0.05, 0.1) is 27.7 Å². The molecule has 1 N–H and O–H groups in total. The summed E-state index contributed by atoms with van der Waals surface area (Å²) >= 11 is 0. The topological polar surface area (TPSA) is 114 Å². The Labute approximate surface area is 366 Å². The standard InChI is InChI=1S/C49H100NO8P/c1-6-8-10-12-14-16-18-20-22-24-26-28-30-32-34-36-38-40-42-48(51)57-47(49(52)58-59(53,54)56-45-43-50(3,4)5)46-55-44-41-39-37-35-33-31-29-27-25-23-21-19-17-15-13-11-9-7-2/h47,49,52H,6-46H2,1-5H3. The largest absolute Gasteiger partial charge is 0.756 e. The lowest BCUT2D eigenvalue weighted by Crippen LogP contribution is -2.39. The van der Waals surface area contributed by atoms with Crippen LogP contribution in [0.15, 0.2) is 0 Å². The molecule has 0 aliphatic rings. The van der Waals surface area contributed by atoms with Crippen molar-refractivity contribution in [3.8, 4) is 0 Å². The summed E-state index contributed by atoms with van der Waals surface area (Å²) in [4.78, 5) is 25.2. The number of ether oxygens (including phenoxy) is 2. The number of rotatable bonds is 48. The van der Waals surface area contributed by atoms with Gasteiger partial charge in [0.1, 0.15) is 13.2 Å². The fourth-order valence-electron chi connectivity index (χ4n) is 7.54. The Morgan fingerprint density at radius 1 is 0.525 bits per heavy atom. The number of carbonyl (C=O) groups is 1. The van der Waals surface area contributed by atoms with Crippen LogP contribution in [0, 0.1) is 0 Å². The van der Waals surface area contributed by atoms with Crippen molar-refractivity contribution in [3.05, 3.63) is 0 Å². The van der Waals surface area contributed by atoms with E-state index >= 15 is 0 Å². The fourth-order valence-corrected chi connectivity index (χ4v) is 8.30. The second kappa shape index (κ2) is 42.7. The van der Waals surface area contributed by atoms with Crippen LogP contribution in [-0.4, -0.2) is 75.5 Å². The van der Waals surface area contributed by atoms with Crippen molar-refractivity contribution in [1.82, 2.24) is 0 Å². The molecule has 0 aromatic rings. The van der Waals surface area contributed by atoms with E-state index in [-0.39, 0.29) is 19.6 Å². The molecule has 0 spiro atoms. The lowest BCUT2D eigenvalue weighted by molar-refractivity contribution is -0.870. The summed E-state index contributed by atoms with van der Waals surface area (Å²) in [6, 6.07) is 0. The van der Waals surface area contributed by atoms with Gasteiger partial charge >= 0.3 is 5.97 Å². The second-order valence-electron chi connectivity index (χ2n) is 18.7. The zero-order valence-electron chi connectivity index (χ0n) is 39.8. The van der Waals surface area contributed by atoms with E-state index < -0.39 is 26.2 Å². The number of carbonyl (C=O) groups excluding carboxylic acids is 1. The van der Waals surface area contributed by atoms with Crippen LogP contribution in [0.25, 0.3) is 0 Å². The van der Waals surface area contributed by atoms with Crippen LogP contribution in [-0.2, 0) is 27.9 Å². The van der Waals surface area contributed by atoms with Crippen molar-refractivity contribution in [2.24, 2.45) is 0 Å². The van der Waals surface area contributed by atoms with Crippen LogP contribution in [0.2, 0.25) is 0 Å². The van der Waals surface area contributed by atoms with Crippen LogP contribution in [0.4, 0.5) is 0 Å². The van der Waals surface area contributed by atoms with E-state index in [0.29, 0.717) is 24.1 Å². The zero-order chi connectivity index (χ0) is 43.6. The number of aliphatic hydroxyl groups excluding tert-OH is 1. The summed E-state index contributed by atoms with van der Waals surface area (Å²) in [7, 11) is 0.932. The van der Waals surface area contributed by atoms with Gasteiger partial charge in [-0.15, -0.1) is 0 Å². The molecule has 0 aromatic carbocycles. The Hall–Kier alpha value is -0.540. The third-order valence-corrected chi connectivity index (χ3v) is 12.5. The molecule has 354 valence electrons. The molecule has 0 bridgehead atoms. The lowest BCUT2D eigenvalue weighted by Gasteiger charge is -2.30. The van der Waals surface area contributed by atoms with E-state index in [4.69, 9.17) is 18.5 Å². The molecular weight excluding hydrogens is 762 g/mol. The lowest BCUT2D eigenvalue weighted by atomic mass is 10.0. The van der Waals surface area contributed by atoms with Crippen LogP contribution >= 0.6 is 7.82 Å². The van der Waals surface area contributed by atoms with Crippen LogP contribution in [0.5, 0.6) is 0 Å². The van der Waals surface area contributed by atoms with Crippen molar-refractivity contribution in [2.45, 2.75) is 264 Å². The molecule has 10 heteroatoms. The summed E-state index contributed by atoms with van der Waals surface area (Å²) < 4.78 is 34.2.